The number of aryl methyl sites for hydroxylation is 1. The summed E-state index contributed by atoms with van der Waals surface area (Å²) in [6.45, 7) is 3.73. The van der Waals surface area contributed by atoms with E-state index in [1.165, 1.54) is 0 Å². The molecule has 0 heterocycles. The summed E-state index contributed by atoms with van der Waals surface area (Å²) < 4.78 is 0. The lowest BCUT2D eigenvalue weighted by Crippen LogP contribution is -2.02. The standard InChI is InChI=1S/C10H11BrO2/c1-6-3-8(5-11)7(2)9(4-6)10(12)13/h3-4H,5H2,1-2H3,(H,12,13). The molecular formula is C10H11BrO2. The van der Waals surface area contributed by atoms with Crippen molar-refractivity contribution in [3.05, 3.63) is 34.4 Å². The van der Waals surface area contributed by atoms with Gasteiger partial charge >= 0.3 is 5.97 Å². The summed E-state index contributed by atoms with van der Waals surface area (Å²) in [5, 5.41) is 9.59. The van der Waals surface area contributed by atoms with Crippen LogP contribution in [0.25, 0.3) is 0 Å². The molecule has 3 heteroatoms. The molecule has 70 valence electrons. The van der Waals surface area contributed by atoms with Gasteiger partial charge in [0.25, 0.3) is 0 Å². The smallest absolute Gasteiger partial charge is 0.335 e. The number of alkyl halides is 1. The van der Waals surface area contributed by atoms with Gasteiger partial charge in [-0.3, -0.25) is 0 Å². The van der Waals surface area contributed by atoms with Crippen LogP contribution in [0.1, 0.15) is 27.0 Å². The number of carbonyl (C=O) groups is 1. The quantitative estimate of drug-likeness (QED) is 0.811. The number of carboxylic acid groups (broad SMARTS) is 1. The maximum Gasteiger partial charge on any atom is 0.335 e. The zero-order chi connectivity index (χ0) is 10.0. The fourth-order valence-corrected chi connectivity index (χ4v) is 1.88. The summed E-state index contributed by atoms with van der Waals surface area (Å²) in [4.78, 5) is 10.8. The lowest BCUT2D eigenvalue weighted by atomic mass is 10.0. The summed E-state index contributed by atoms with van der Waals surface area (Å²) in [5.74, 6) is -0.858. The van der Waals surface area contributed by atoms with Crippen LogP contribution in [0.15, 0.2) is 12.1 Å². The number of rotatable bonds is 2. The number of benzene rings is 1. The van der Waals surface area contributed by atoms with Crippen molar-refractivity contribution in [2.45, 2.75) is 19.2 Å². The van der Waals surface area contributed by atoms with Gasteiger partial charge in [-0.05, 0) is 36.6 Å². The van der Waals surface area contributed by atoms with E-state index in [-0.39, 0.29) is 0 Å². The average Bonchev–Trinajstić information content (AvgIpc) is 2.08. The summed E-state index contributed by atoms with van der Waals surface area (Å²) >= 11 is 3.33. The van der Waals surface area contributed by atoms with Crippen molar-refractivity contribution in [1.82, 2.24) is 0 Å². The van der Waals surface area contributed by atoms with Crippen molar-refractivity contribution in [2.75, 3.05) is 0 Å². The average molecular weight is 243 g/mol. The molecule has 1 rings (SSSR count). The first kappa shape index (κ1) is 10.3. The van der Waals surface area contributed by atoms with Gasteiger partial charge in [0.1, 0.15) is 0 Å². The molecule has 0 saturated heterocycles. The molecule has 0 aliphatic heterocycles. The molecular weight excluding hydrogens is 232 g/mol. The number of halogens is 1. The van der Waals surface area contributed by atoms with Crippen molar-refractivity contribution in [3.63, 3.8) is 0 Å². The van der Waals surface area contributed by atoms with Crippen LogP contribution in [0, 0.1) is 13.8 Å². The maximum absolute atomic E-state index is 10.8. The zero-order valence-electron chi connectivity index (χ0n) is 7.60. The highest BCUT2D eigenvalue weighted by Crippen LogP contribution is 2.19. The largest absolute Gasteiger partial charge is 0.478 e. The van der Waals surface area contributed by atoms with E-state index in [1.54, 1.807) is 6.07 Å². The highest BCUT2D eigenvalue weighted by atomic mass is 79.9. The molecule has 0 spiro atoms. The summed E-state index contributed by atoms with van der Waals surface area (Å²) in [7, 11) is 0. The minimum Gasteiger partial charge on any atom is -0.478 e. The van der Waals surface area contributed by atoms with Crippen LogP contribution in [0.5, 0.6) is 0 Å². The van der Waals surface area contributed by atoms with E-state index in [4.69, 9.17) is 5.11 Å². The summed E-state index contributed by atoms with van der Waals surface area (Å²) in [6.07, 6.45) is 0. The Morgan fingerprint density at radius 1 is 1.46 bits per heavy atom. The second-order valence-corrected chi connectivity index (χ2v) is 3.60. The van der Waals surface area contributed by atoms with E-state index in [0.717, 1.165) is 16.7 Å². The lowest BCUT2D eigenvalue weighted by molar-refractivity contribution is 0.0696. The van der Waals surface area contributed by atoms with Gasteiger partial charge in [-0.15, -0.1) is 0 Å². The third-order valence-corrected chi connectivity index (χ3v) is 2.64. The first-order valence-electron chi connectivity index (χ1n) is 3.95. The van der Waals surface area contributed by atoms with Crippen molar-refractivity contribution < 1.29 is 9.90 Å². The van der Waals surface area contributed by atoms with Crippen molar-refractivity contribution in [3.8, 4) is 0 Å². The SMILES string of the molecule is Cc1cc(CBr)c(C)c(C(=O)O)c1. The van der Waals surface area contributed by atoms with Gasteiger partial charge in [0, 0.05) is 5.33 Å². The van der Waals surface area contributed by atoms with Crippen LogP contribution in [0.3, 0.4) is 0 Å². The molecule has 0 atom stereocenters. The zero-order valence-corrected chi connectivity index (χ0v) is 9.18. The van der Waals surface area contributed by atoms with Crippen molar-refractivity contribution >= 4 is 21.9 Å². The minimum absolute atomic E-state index is 0.398. The molecule has 0 bridgehead atoms. The third-order valence-electron chi connectivity index (χ3n) is 2.03. The number of hydrogen-bond acceptors (Lipinski definition) is 1. The van der Waals surface area contributed by atoms with Gasteiger partial charge in [0.05, 0.1) is 5.56 Å². The Kier molecular flexibility index (Phi) is 3.09. The molecule has 2 nitrogen and oxygen atoms in total. The molecule has 1 N–H and O–H groups in total. The third kappa shape index (κ3) is 2.10. The molecule has 0 aliphatic carbocycles. The monoisotopic (exact) mass is 242 g/mol. The molecule has 0 unspecified atom stereocenters. The Morgan fingerprint density at radius 2 is 2.08 bits per heavy atom. The summed E-state index contributed by atoms with van der Waals surface area (Å²) in [5.41, 5.74) is 3.26. The first-order valence-corrected chi connectivity index (χ1v) is 5.07. The van der Waals surface area contributed by atoms with Gasteiger partial charge in [0.15, 0.2) is 0 Å². The Labute approximate surface area is 85.7 Å². The molecule has 0 aliphatic rings. The Morgan fingerprint density at radius 3 is 2.54 bits per heavy atom. The second-order valence-electron chi connectivity index (χ2n) is 3.04. The molecule has 0 amide bonds. The molecule has 0 saturated carbocycles. The van der Waals surface area contributed by atoms with Gasteiger partial charge in [-0.2, -0.15) is 0 Å². The summed E-state index contributed by atoms with van der Waals surface area (Å²) in [6, 6.07) is 3.69. The van der Waals surface area contributed by atoms with E-state index >= 15 is 0 Å². The van der Waals surface area contributed by atoms with Crippen LogP contribution >= 0.6 is 15.9 Å². The first-order chi connectivity index (χ1) is 6.06. The molecule has 13 heavy (non-hydrogen) atoms. The molecule has 1 aromatic rings. The van der Waals surface area contributed by atoms with Crippen LogP contribution in [0.2, 0.25) is 0 Å². The van der Waals surface area contributed by atoms with E-state index in [0.29, 0.717) is 10.9 Å². The predicted molar refractivity (Wildman–Crippen MR) is 55.5 cm³/mol. The van der Waals surface area contributed by atoms with Gasteiger partial charge in [-0.1, -0.05) is 22.0 Å². The Bertz CT molecular complexity index is 345. The van der Waals surface area contributed by atoms with Crippen LogP contribution in [-0.4, -0.2) is 11.1 Å². The van der Waals surface area contributed by atoms with Crippen LogP contribution in [0.4, 0.5) is 0 Å². The van der Waals surface area contributed by atoms with Crippen LogP contribution < -0.4 is 0 Å². The Balaban J connectivity index is 3.35. The topological polar surface area (TPSA) is 37.3 Å². The number of carboxylic acids is 1. The van der Waals surface area contributed by atoms with Gasteiger partial charge < -0.3 is 5.11 Å². The van der Waals surface area contributed by atoms with Crippen molar-refractivity contribution in [2.24, 2.45) is 0 Å². The van der Waals surface area contributed by atoms with E-state index in [2.05, 4.69) is 15.9 Å². The maximum atomic E-state index is 10.8. The fraction of sp³-hybridized carbons (Fsp3) is 0.300. The van der Waals surface area contributed by atoms with Gasteiger partial charge in [-0.25, -0.2) is 4.79 Å². The minimum atomic E-state index is -0.858. The Hall–Kier alpha value is -0.830. The molecule has 0 aromatic heterocycles. The van der Waals surface area contributed by atoms with E-state index < -0.39 is 5.97 Å². The second kappa shape index (κ2) is 3.92. The highest BCUT2D eigenvalue weighted by molar-refractivity contribution is 9.08. The number of aromatic carboxylic acids is 1. The van der Waals surface area contributed by atoms with E-state index in [9.17, 15) is 4.79 Å². The highest BCUT2D eigenvalue weighted by Gasteiger charge is 2.10. The molecule has 0 fully saturated rings. The molecule has 1 aromatic carbocycles. The van der Waals surface area contributed by atoms with E-state index in [1.807, 2.05) is 19.9 Å². The number of hydrogen-bond donors (Lipinski definition) is 1. The lowest BCUT2D eigenvalue weighted by Gasteiger charge is -2.07. The van der Waals surface area contributed by atoms with Crippen LogP contribution in [-0.2, 0) is 5.33 Å². The van der Waals surface area contributed by atoms with Gasteiger partial charge in [0.2, 0.25) is 0 Å². The normalized spacial score (nSPS) is 10.1. The predicted octanol–water partition coefficient (Wildman–Crippen LogP) is 2.90. The van der Waals surface area contributed by atoms with Crippen molar-refractivity contribution in [1.29, 1.82) is 0 Å². The fourth-order valence-electron chi connectivity index (χ4n) is 1.29. The molecule has 0 radical (unpaired) electrons.